The molecular weight excluding hydrogens is 272 g/mol. The molecule has 0 aromatic heterocycles. The number of carboxylic acid groups (broad SMARTS) is 1. The highest BCUT2D eigenvalue weighted by molar-refractivity contribution is 5.83. The number of carboxylic acids is 1. The Morgan fingerprint density at radius 2 is 1.90 bits per heavy atom. The predicted molar refractivity (Wildman–Crippen MR) is 75.7 cm³/mol. The van der Waals surface area contributed by atoms with Crippen LogP contribution in [0.5, 0.6) is 0 Å². The van der Waals surface area contributed by atoms with E-state index in [9.17, 15) is 19.8 Å². The molecule has 2 aliphatic heterocycles. The number of fused-ring (bicyclic) bond motifs is 1. The van der Waals surface area contributed by atoms with E-state index in [-0.39, 0.29) is 24.0 Å². The van der Waals surface area contributed by atoms with Gasteiger partial charge in [0.1, 0.15) is 6.04 Å². The number of carbonyl (C=O) groups is 2. The zero-order chi connectivity index (χ0) is 15.1. The standard InChI is InChI=1S/C15H24N2O4/c1-9-3-2-6-17(13(9)14(19)20)15(21)16-7-10-4-5-12(18)11(10)8-16/h9-13,18H,2-8H2,1H3,(H,19,20). The topological polar surface area (TPSA) is 81.1 Å². The molecule has 1 saturated carbocycles. The van der Waals surface area contributed by atoms with E-state index in [4.69, 9.17) is 0 Å². The molecule has 2 saturated heterocycles. The Morgan fingerprint density at radius 1 is 1.14 bits per heavy atom. The Morgan fingerprint density at radius 3 is 2.57 bits per heavy atom. The number of likely N-dealkylation sites (tertiary alicyclic amines) is 2. The van der Waals surface area contributed by atoms with E-state index in [1.165, 1.54) is 4.90 Å². The minimum atomic E-state index is -0.907. The summed E-state index contributed by atoms with van der Waals surface area (Å²) >= 11 is 0. The van der Waals surface area contributed by atoms with Crippen molar-refractivity contribution in [1.29, 1.82) is 0 Å². The van der Waals surface area contributed by atoms with Crippen molar-refractivity contribution in [3.05, 3.63) is 0 Å². The van der Waals surface area contributed by atoms with Crippen molar-refractivity contribution in [2.24, 2.45) is 17.8 Å². The molecule has 3 fully saturated rings. The Kier molecular flexibility index (Phi) is 3.82. The van der Waals surface area contributed by atoms with Gasteiger partial charge in [-0.25, -0.2) is 9.59 Å². The molecule has 118 valence electrons. The Hall–Kier alpha value is -1.30. The van der Waals surface area contributed by atoms with Crippen molar-refractivity contribution < 1.29 is 19.8 Å². The molecule has 0 radical (unpaired) electrons. The van der Waals surface area contributed by atoms with E-state index < -0.39 is 12.0 Å². The lowest BCUT2D eigenvalue weighted by Crippen LogP contribution is -2.55. The third-order valence-corrected chi connectivity index (χ3v) is 5.52. The number of aliphatic hydroxyl groups is 1. The highest BCUT2D eigenvalue weighted by Gasteiger charge is 2.46. The van der Waals surface area contributed by atoms with Crippen LogP contribution in [-0.2, 0) is 4.79 Å². The molecule has 0 aromatic carbocycles. The minimum absolute atomic E-state index is 0.00658. The normalized spacial score (nSPS) is 39.4. The van der Waals surface area contributed by atoms with Crippen molar-refractivity contribution >= 4 is 12.0 Å². The summed E-state index contributed by atoms with van der Waals surface area (Å²) in [6.45, 7) is 3.66. The summed E-state index contributed by atoms with van der Waals surface area (Å²) in [4.78, 5) is 27.5. The van der Waals surface area contributed by atoms with E-state index in [2.05, 4.69) is 0 Å². The van der Waals surface area contributed by atoms with Crippen molar-refractivity contribution in [3.8, 4) is 0 Å². The van der Waals surface area contributed by atoms with Crippen molar-refractivity contribution in [3.63, 3.8) is 0 Å². The van der Waals surface area contributed by atoms with Crippen LogP contribution >= 0.6 is 0 Å². The van der Waals surface area contributed by atoms with Gasteiger partial charge in [0, 0.05) is 25.6 Å². The van der Waals surface area contributed by atoms with Crippen LogP contribution in [0, 0.1) is 17.8 Å². The molecule has 2 amide bonds. The zero-order valence-corrected chi connectivity index (χ0v) is 12.4. The molecule has 6 heteroatoms. The summed E-state index contributed by atoms with van der Waals surface area (Å²) in [6, 6.07) is -0.868. The summed E-state index contributed by atoms with van der Waals surface area (Å²) in [7, 11) is 0. The summed E-state index contributed by atoms with van der Waals surface area (Å²) in [5.41, 5.74) is 0. The average Bonchev–Trinajstić information content (AvgIpc) is 3.00. The number of urea groups is 1. The first-order valence-corrected chi connectivity index (χ1v) is 7.95. The maximum Gasteiger partial charge on any atom is 0.326 e. The van der Waals surface area contributed by atoms with E-state index in [1.54, 1.807) is 4.90 Å². The SMILES string of the molecule is CC1CCCN(C(=O)N2CC3CCC(O)C3C2)C1C(=O)O. The van der Waals surface area contributed by atoms with E-state index in [0.717, 1.165) is 25.7 Å². The molecule has 0 spiro atoms. The molecular formula is C15H24N2O4. The molecule has 6 nitrogen and oxygen atoms in total. The third kappa shape index (κ3) is 2.50. The molecule has 3 rings (SSSR count). The van der Waals surface area contributed by atoms with Crippen LogP contribution < -0.4 is 0 Å². The number of aliphatic carboxylic acids is 1. The van der Waals surface area contributed by atoms with Gasteiger partial charge in [-0.2, -0.15) is 0 Å². The maximum atomic E-state index is 12.7. The van der Waals surface area contributed by atoms with Gasteiger partial charge in [-0.05, 0) is 37.5 Å². The van der Waals surface area contributed by atoms with E-state index in [0.29, 0.717) is 25.6 Å². The largest absolute Gasteiger partial charge is 0.480 e. The van der Waals surface area contributed by atoms with Crippen molar-refractivity contribution in [2.75, 3.05) is 19.6 Å². The fourth-order valence-electron chi connectivity index (χ4n) is 4.35. The van der Waals surface area contributed by atoms with Crippen LogP contribution in [0.25, 0.3) is 0 Å². The Bertz CT molecular complexity index is 441. The lowest BCUT2D eigenvalue weighted by Gasteiger charge is -2.39. The highest BCUT2D eigenvalue weighted by Crippen LogP contribution is 2.39. The van der Waals surface area contributed by atoms with Gasteiger partial charge in [-0.3, -0.25) is 0 Å². The number of hydrogen-bond donors (Lipinski definition) is 2. The first kappa shape index (κ1) is 14.6. The summed E-state index contributed by atoms with van der Waals surface area (Å²) < 4.78 is 0. The Labute approximate surface area is 124 Å². The number of nitrogens with zero attached hydrogens (tertiary/aromatic N) is 2. The predicted octanol–water partition coefficient (Wildman–Crippen LogP) is 0.994. The molecule has 2 N–H and O–H groups in total. The third-order valence-electron chi connectivity index (χ3n) is 5.52. The second-order valence-electron chi connectivity index (χ2n) is 6.85. The molecule has 5 atom stereocenters. The monoisotopic (exact) mass is 296 g/mol. The van der Waals surface area contributed by atoms with Crippen LogP contribution in [0.4, 0.5) is 4.79 Å². The molecule has 0 bridgehead atoms. The van der Waals surface area contributed by atoms with Crippen LogP contribution in [0.2, 0.25) is 0 Å². The van der Waals surface area contributed by atoms with Crippen LogP contribution in [0.1, 0.15) is 32.6 Å². The second-order valence-corrected chi connectivity index (χ2v) is 6.85. The average molecular weight is 296 g/mol. The van der Waals surface area contributed by atoms with Crippen molar-refractivity contribution in [2.45, 2.75) is 44.8 Å². The van der Waals surface area contributed by atoms with Gasteiger partial charge < -0.3 is 20.0 Å². The number of amides is 2. The summed E-state index contributed by atoms with van der Waals surface area (Å²) in [6.07, 6.45) is 3.21. The molecule has 3 aliphatic rings. The molecule has 0 aromatic rings. The summed E-state index contributed by atoms with van der Waals surface area (Å²) in [5.74, 6) is -0.350. The minimum Gasteiger partial charge on any atom is -0.480 e. The second kappa shape index (κ2) is 5.48. The van der Waals surface area contributed by atoms with Gasteiger partial charge in [-0.1, -0.05) is 6.92 Å². The molecule has 2 heterocycles. The number of carbonyl (C=O) groups excluding carboxylic acids is 1. The van der Waals surface area contributed by atoms with Crippen LogP contribution in [0.3, 0.4) is 0 Å². The van der Waals surface area contributed by atoms with Gasteiger partial charge >= 0.3 is 12.0 Å². The quantitative estimate of drug-likeness (QED) is 0.756. The lowest BCUT2D eigenvalue weighted by atomic mass is 9.91. The van der Waals surface area contributed by atoms with Gasteiger partial charge in [-0.15, -0.1) is 0 Å². The zero-order valence-electron chi connectivity index (χ0n) is 12.4. The first-order valence-electron chi connectivity index (χ1n) is 7.95. The van der Waals surface area contributed by atoms with Gasteiger partial charge in [0.25, 0.3) is 0 Å². The molecule has 21 heavy (non-hydrogen) atoms. The number of rotatable bonds is 1. The molecule has 1 aliphatic carbocycles. The van der Waals surface area contributed by atoms with E-state index >= 15 is 0 Å². The van der Waals surface area contributed by atoms with E-state index in [1.807, 2.05) is 6.92 Å². The number of aliphatic hydroxyl groups excluding tert-OH is 1. The van der Waals surface area contributed by atoms with Crippen LogP contribution in [-0.4, -0.2) is 63.8 Å². The smallest absolute Gasteiger partial charge is 0.326 e. The van der Waals surface area contributed by atoms with Gasteiger partial charge in [0.05, 0.1) is 6.10 Å². The van der Waals surface area contributed by atoms with Crippen LogP contribution in [0.15, 0.2) is 0 Å². The number of hydrogen-bond acceptors (Lipinski definition) is 3. The summed E-state index contributed by atoms with van der Waals surface area (Å²) in [5, 5.41) is 19.4. The number of piperidine rings is 1. The lowest BCUT2D eigenvalue weighted by molar-refractivity contribution is -0.145. The Balaban J connectivity index is 1.71. The highest BCUT2D eigenvalue weighted by atomic mass is 16.4. The van der Waals surface area contributed by atoms with Crippen molar-refractivity contribution in [1.82, 2.24) is 9.80 Å². The maximum absolute atomic E-state index is 12.7. The fourth-order valence-corrected chi connectivity index (χ4v) is 4.35. The molecule has 5 unspecified atom stereocenters. The van der Waals surface area contributed by atoms with Gasteiger partial charge in [0.15, 0.2) is 0 Å². The fraction of sp³-hybridized carbons (Fsp3) is 0.867. The van der Waals surface area contributed by atoms with Gasteiger partial charge in [0.2, 0.25) is 0 Å². The first-order chi connectivity index (χ1) is 9.99.